The van der Waals surface area contributed by atoms with Gasteiger partial charge in [0, 0.05) is 0 Å². The van der Waals surface area contributed by atoms with E-state index in [2.05, 4.69) is 54.5 Å². The van der Waals surface area contributed by atoms with E-state index in [9.17, 15) is 40.2 Å². The zero-order valence-electron chi connectivity index (χ0n) is 36.9. The van der Waals surface area contributed by atoms with Crippen molar-refractivity contribution < 1.29 is 63.9 Å². The van der Waals surface area contributed by atoms with Crippen molar-refractivity contribution in [1.29, 1.82) is 0 Å². The minimum absolute atomic E-state index is 0.0362. The molecule has 5 aliphatic carbocycles. The van der Waals surface area contributed by atoms with E-state index in [-0.39, 0.29) is 40.1 Å². The number of aliphatic hydroxyl groups is 5. The summed E-state index contributed by atoms with van der Waals surface area (Å²) in [6, 6.07) is 0. The van der Waals surface area contributed by atoms with Crippen LogP contribution >= 0.6 is 0 Å². The van der Waals surface area contributed by atoms with Gasteiger partial charge in [-0.15, -0.1) is 0 Å². The first-order chi connectivity index (χ1) is 27.5. The molecule has 0 unspecified atom stereocenters. The molecule has 7 aliphatic rings. The van der Waals surface area contributed by atoms with Gasteiger partial charge in [0.05, 0.1) is 24.2 Å². The van der Waals surface area contributed by atoms with Gasteiger partial charge in [0.15, 0.2) is 18.7 Å². The summed E-state index contributed by atoms with van der Waals surface area (Å²) in [5.74, 6) is -0.857. The second-order valence-corrected chi connectivity index (χ2v) is 21.9. The van der Waals surface area contributed by atoms with E-state index < -0.39 is 90.3 Å². The van der Waals surface area contributed by atoms with E-state index in [0.717, 1.165) is 57.8 Å². The number of carboxylic acid groups (broad SMARTS) is 1. The quantitative estimate of drug-likeness (QED) is 0.0761. The van der Waals surface area contributed by atoms with Crippen molar-refractivity contribution in [1.82, 2.24) is 0 Å². The summed E-state index contributed by atoms with van der Waals surface area (Å²) >= 11 is 0. The Labute approximate surface area is 350 Å². The van der Waals surface area contributed by atoms with Crippen LogP contribution in [0.2, 0.25) is 0 Å². The summed E-state index contributed by atoms with van der Waals surface area (Å²) in [5.41, 5.74) is 0.123. The first kappa shape index (κ1) is 45.3. The summed E-state index contributed by atoms with van der Waals surface area (Å²) in [5, 5.41) is 65.3. The van der Waals surface area contributed by atoms with Crippen LogP contribution in [0.4, 0.5) is 0 Å². The Hall–Kier alpha value is -1.68. The number of allylic oxidation sites excluding steroid dienone is 2. The molecule has 7 rings (SSSR count). The third-order valence-electron chi connectivity index (χ3n) is 17.9. The zero-order valence-corrected chi connectivity index (χ0v) is 36.9. The fourth-order valence-corrected chi connectivity index (χ4v) is 14.0. The maximum atomic E-state index is 13.3. The molecule has 2 aliphatic heterocycles. The molecule has 2 heterocycles. The molecule has 6 N–H and O–H groups in total. The lowest BCUT2D eigenvalue weighted by atomic mass is 9.33. The Morgan fingerprint density at radius 1 is 0.780 bits per heavy atom. The predicted octanol–water partition coefficient (Wildman–Crippen LogP) is 5.26. The van der Waals surface area contributed by atoms with Crippen molar-refractivity contribution in [2.24, 2.45) is 50.2 Å². The number of esters is 1. The number of carbonyl (C=O) groups excluding carboxylic acids is 1. The van der Waals surface area contributed by atoms with Gasteiger partial charge in [0.25, 0.3) is 0 Å². The van der Waals surface area contributed by atoms with Crippen molar-refractivity contribution >= 4 is 11.9 Å². The van der Waals surface area contributed by atoms with Crippen LogP contribution in [-0.4, -0.2) is 117 Å². The van der Waals surface area contributed by atoms with Gasteiger partial charge in [0.1, 0.15) is 36.6 Å². The number of hydrogen-bond donors (Lipinski definition) is 6. The van der Waals surface area contributed by atoms with Crippen molar-refractivity contribution in [2.45, 2.75) is 207 Å². The first-order valence-corrected chi connectivity index (χ1v) is 22.6. The van der Waals surface area contributed by atoms with Crippen LogP contribution in [0.25, 0.3) is 0 Å². The molecule has 0 aromatic heterocycles. The van der Waals surface area contributed by atoms with E-state index in [0.29, 0.717) is 25.2 Å². The van der Waals surface area contributed by atoms with Gasteiger partial charge in [-0.05, 0) is 122 Å². The van der Waals surface area contributed by atoms with Crippen LogP contribution in [0.3, 0.4) is 0 Å². The van der Waals surface area contributed by atoms with Crippen molar-refractivity contribution in [3.63, 3.8) is 0 Å². The molecule has 6 fully saturated rings. The van der Waals surface area contributed by atoms with Crippen LogP contribution in [0, 0.1) is 50.2 Å². The SMILES string of the molecule is CCCCOC(=O)[C@H]1O[C@@H](O[C@H]2CC[C@]3(C)[C@H]4CC=C5[C@@H]6CC(C)(C)CC[C@]6(C(=O)O)CC[C@@]5(C)[C@]4(C)CC[C@H]3C2(C)C)[C@H](O[C@@H]2O[C@@H](C)[C@H](O)[C@@H](O)[C@H]2O)[C@@H](O)[C@@H]1O. The van der Waals surface area contributed by atoms with Gasteiger partial charge in [-0.2, -0.15) is 0 Å². The van der Waals surface area contributed by atoms with E-state index in [1.54, 1.807) is 0 Å². The smallest absolute Gasteiger partial charge is 0.338 e. The second-order valence-electron chi connectivity index (χ2n) is 21.9. The number of unbranched alkanes of at least 4 members (excludes halogenated alkanes) is 1. The van der Waals surface area contributed by atoms with Crippen LogP contribution in [-0.2, 0) is 33.3 Å². The van der Waals surface area contributed by atoms with E-state index in [1.165, 1.54) is 12.5 Å². The molecule has 0 bridgehead atoms. The largest absolute Gasteiger partial charge is 0.481 e. The van der Waals surface area contributed by atoms with Crippen LogP contribution in [0.15, 0.2) is 11.6 Å². The summed E-state index contributed by atoms with van der Waals surface area (Å²) in [6.07, 6.45) is -3.10. The zero-order chi connectivity index (χ0) is 43.2. The van der Waals surface area contributed by atoms with Crippen molar-refractivity contribution in [3.05, 3.63) is 11.6 Å². The van der Waals surface area contributed by atoms with Gasteiger partial charge in [-0.3, -0.25) is 4.79 Å². The predicted molar refractivity (Wildman–Crippen MR) is 215 cm³/mol. The Bertz CT molecular complexity index is 1610. The van der Waals surface area contributed by atoms with E-state index in [1.807, 2.05) is 6.92 Å². The molecule has 0 radical (unpaired) electrons. The fraction of sp³-hybridized carbons (Fsp3) is 0.913. The van der Waals surface area contributed by atoms with Crippen LogP contribution < -0.4 is 0 Å². The highest BCUT2D eigenvalue weighted by atomic mass is 16.8. The Balaban J connectivity index is 1.16. The number of carbonyl (C=O) groups is 2. The number of ether oxygens (including phenoxy) is 5. The normalized spacial score (nSPS) is 50.2. The molecule has 2 saturated heterocycles. The topological polar surface area (TPSA) is 202 Å². The molecular formula is C46H74O13. The van der Waals surface area contributed by atoms with Gasteiger partial charge >= 0.3 is 11.9 Å². The molecule has 0 aromatic rings. The molecule has 0 amide bonds. The number of hydrogen-bond acceptors (Lipinski definition) is 12. The molecule has 336 valence electrons. The summed E-state index contributed by atoms with van der Waals surface area (Å²) in [6.45, 7) is 20.0. The Morgan fingerprint density at radius 2 is 1.47 bits per heavy atom. The van der Waals surface area contributed by atoms with E-state index in [4.69, 9.17) is 23.7 Å². The molecule has 13 nitrogen and oxygen atoms in total. The third kappa shape index (κ3) is 7.16. The average molecular weight is 835 g/mol. The third-order valence-corrected chi connectivity index (χ3v) is 17.9. The van der Waals surface area contributed by atoms with Crippen LogP contribution in [0.5, 0.6) is 0 Å². The van der Waals surface area contributed by atoms with Crippen LogP contribution in [0.1, 0.15) is 139 Å². The lowest BCUT2D eigenvalue weighted by Crippen LogP contribution is -2.67. The van der Waals surface area contributed by atoms with E-state index >= 15 is 0 Å². The highest BCUT2D eigenvalue weighted by molar-refractivity contribution is 5.77. The summed E-state index contributed by atoms with van der Waals surface area (Å²) in [7, 11) is 0. The molecule has 4 saturated carbocycles. The lowest BCUT2D eigenvalue weighted by Gasteiger charge is -2.71. The second kappa shape index (κ2) is 15.8. The van der Waals surface area contributed by atoms with Crippen molar-refractivity contribution in [3.8, 4) is 0 Å². The molecule has 0 spiro atoms. The summed E-state index contributed by atoms with van der Waals surface area (Å²) in [4.78, 5) is 26.4. The highest BCUT2D eigenvalue weighted by Crippen LogP contribution is 2.76. The molecule has 13 heteroatoms. The van der Waals surface area contributed by atoms with Gasteiger partial charge < -0.3 is 54.3 Å². The monoisotopic (exact) mass is 835 g/mol. The number of fused-ring (bicyclic) bond motifs is 7. The number of carboxylic acids is 1. The van der Waals surface area contributed by atoms with Crippen molar-refractivity contribution in [2.75, 3.05) is 6.61 Å². The van der Waals surface area contributed by atoms with Gasteiger partial charge in [0.2, 0.25) is 0 Å². The number of aliphatic carboxylic acids is 1. The maximum absolute atomic E-state index is 13.3. The molecule has 0 aromatic carbocycles. The Morgan fingerprint density at radius 3 is 2.15 bits per heavy atom. The molecule has 59 heavy (non-hydrogen) atoms. The molecular weight excluding hydrogens is 760 g/mol. The average Bonchev–Trinajstić information content (AvgIpc) is 3.16. The summed E-state index contributed by atoms with van der Waals surface area (Å²) < 4.78 is 30.3. The molecule has 18 atom stereocenters. The number of rotatable bonds is 9. The van der Waals surface area contributed by atoms with Gasteiger partial charge in [-0.1, -0.05) is 73.5 Å². The number of aliphatic hydroxyl groups excluding tert-OH is 5. The fourth-order valence-electron chi connectivity index (χ4n) is 14.0. The highest BCUT2D eigenvalue weighted by Gasteiger charge is 2.70. The lowest BCUT2D eigenvalue weighted by molar-refractivity contribution is -0.372. The Kier molecular flexibility index (Phi) is 12.2. The minimum Gasteiger partial charge on any atom is -0.481 e. The van der Waals surface area contributed by atoms with Gasteiger partial charge in [-0.25, -0.2) is 4.79 Å². The standard InChI is InChI=1S/C46H74O13/c1-10-11-22-55-37(52)35-32(49)33(50)36(59-38-34(51)31(48)30(47)24(2)56-38)39(58-35)57-29-15-16-43(7)27(42(29,5)6)14-17-45(9)28(43)13-12-25-26-23-41(3,4)18-20-46(26,40(53)54)21-19-44(25,45)8/h12,24,26-36,38-39,47-51H,10-11,13-23H2,1-9H3,(H,53,54)/t24-,26-,27-,28+,29-,30-,31+,32-,33-,34+,35-,36+,38-,39+,43-,44+,45+,46-/m0/s1. The minimum atomic E-state index is -1.76. The maximum Gasteiger partial charge on any atom is 0.338 e. The first-order valence-electron chi connectivity index (χ1n) is 22.6.